The minimum absolute atomic E-state index is 0.463. The summed E-state index contributed by atoms with van der Waals surface area (Å²) in [5.41, 5.74) is 11.6. The van der Waals surface area contributed by atoms with Gasteiger partial charge < -0.3 is 10.5 Å². The molecule has 0 amide bonds. The molecule has 0 atom stereocenters. The molecule has 0 aliphatic heterocycles. The van der Waals surface area contributed by atoms with Crippen LogP contribution in [0.25, 0.3) is 22.3 Å². The van der Waals surface area contributed by atoms with Crippen LogP contribution in [-0.2, 0) is 0 Å². The van der Waals surface area contributed by atoms with Crippen molar-refractivity contribution in [2.24, 2.45) is 0 Å². The Hall–Kier alpha value is -2.95. The Labute approximate surface area is 135 Å². The summed E-state index contributed by atoms with van der Waals surface area (Å²) in [6.07, 6.45) is 3.48. The summed E-state index contributed by atoms with van der Waals surface area (Å²) in [5.74, 6) is 1.02. The summed E-state index contributed by atoms with van der Waals surface area (Å²) in [7, 11) is 1.61. The zero-order valence-corrected chi connectivity index (χ0v) is 13.4. The number of nitrogen functional groups attached to an aromatic ring is 1. The standard InChI is InChI=1S/C18H18N4O/c1-11-6-14(7-12(2)22-11)15-8-16(18(23-3)21-10-15)13-4-5-20-17(19)9-13/h4-10H,1-3H3,(H2,19,20). The summed E-state index contributed by atoms with van der Waals surface area (Å²) >= 11 is 0. The van der Waals surface area contributed by atoms with Gasteiger partial charge in [-0.2, -0.15) is 0 Å². The zero-order valence-electron chi connectivity index (χ0n) is 13.4. The quantitative estimate of drug-likeness (QED) is 0.802. The first-order chi connectivity index (χ1) is 11.1. The SMILES string of the molecule is COc1ncc(-c2cc(C)nc(C)c2)cc1-c1ccnc(N)c1. The van der Waals surface area contributed by atoms with Crippen molar-refractivity contribution in [2.45, 2.75) is 13.8 Å². The van der Waals surface area contributed by atoms with Gasteiger partial charge in [0.05, 0.1) is 7.11 Å². The number of pyridine rings is 3. The molecule has 3 rings (SSSR count). The van der Waals surface area contributed by atoms with Crippen LogP contribution in [0, 0.1) is 13.8 Å². The molecule has 23 heavy (non-hydrogen) atoms. The van der Waals surface area contributed by atoms with Crippen LogP contribution in [0.5, 0.6) is 5.88 Å². The van der Waals surface area contributed by atoms with Gasteiger partial charge in [-0.3, -0.25) is 4.98 Å². The van der Waals surface area contributed by atoms with E-state index < -0.39 is 0 Å². The van der Waals surface area contributed by atoms with Crippen LogP contribution in [0.2, 0.25) is 0 Å². The molecule has 0 saturated carbocycles. The molecule has 3 heterocycles. The topological polar surface area (TPSA) is 73.9 Å². The summed E-state index contributed by atoms with van der Waals surface area (Å²) in [6, 6.07) is 9.84. The molecule has 0 aromatic carbocycles. The summed E-state index contributed by atoms with van der Waals surface area (Å²) in [5, 5.41) is 0. The number of anilines is 1. The van der Waals surface area contributed by atoms with Gasteiger partial charge in [-0.15, -0.1) is 0 Å². The lowest BCUT2D eigenvalue weighted by Gasteiger charge is -2.11. The maximum absolute atomic E-state index is 5.80. The van der Waals surface area contributed by atoms with E-state index in [0.29, 0.717) is 11.7 Å². The van der Waals surface area contributed by atoms with E-state index in [0.717, 1.165) is 33.6 Å². The molecule has 0 fully saturated rings. The number of hydrogen-bond donors (Lipinski definition) is 1. The minimum Gasteiger partial charge on any atom is -0.481 e. The molecule has 0 bridgehead atoms. The fraction of sp³-hybridized carbons (Fsp3) is 0.167. The first-order valence-electron chi connectivity index (χ1n) is 7.28. The summed E-state index contributed by atoms with van der Waals surface area (Å²) in [6.45, 7) is 3.97. The van der Waals surface area contributed by atoms with Crippen LogP contribution in [0.3, 0.4) is 0 Å². The van der Waals surface area contributed by atoms with E-state index >= 15 is 0 Å². The molecule has 0 radical (unpaired) electrons. The lowest BCUT2D eigenvalue weighted by Crippen LogP contribution is -1.95. The lowest BCUT2D eigenvalue weighted by atomic mass is 10.0. The second kappa shape index (κ2) is 6.04. The Morgan fingerprint density at radius 1 is 0.913 bits per heavy atom. The average molecular weight is 306 g/mol. The van der Waals surface area contributed by atoms with E-state index in [1.165, 1.54) is 0 Å². The fourth-order valence-corrected chi connectivity index (χ4v) is 2.60. The smallest absolute Gasteiger partial charge is 0.221 e. The molecule has 2 N–H and O–H groups in total. The van der Waals surface area contributed by atoms with Gasteiger partial charge in [0.25, 0.3) is 0 Å². The van der Waals surface area contributed by atoms with Crippen molar-refractivity contribution in [1.29, 1.82) is 0 Å². The summed E-state index contributed by atoms with van der Waals surface area (Å²) in [4.78, 5) is 12.9. The number of nitrogens with two attached hydrogens (primary N) is 1. The molecule has 5 heteroatoms. The number of hydrogen-bond acceptors (Lipinski definition) is 5. The van der Waals surface area contributed by atoms with E-state index in [4.69, 9.17) is 10.5 Å². The van der Waals surface area contributed by atoms with E-state index in [1.54, 1.807) is 19.5 Å². The van der Waals surface area contributed by atoms with Gasteiger partial charge in [-0.25, -0.2) is 9.97 Å². The maximum atomic E-state index is 5.80. The lowest BCUT2D eigenvalue weighted by molar-refractivity contribution is 0.400. The number of methoxy groups -OCH3 is 1. The third kappa shape index (κ3) is 3.13. The third-order valence-electron chi connectivity index (χ3n) is 3.55. The molecule has 0 aliphatic carbocycles. The second-order valence-electron chi connectivity index (χ2n) is 5.39. The van der Waals surface area contributed by atoms with Crippen molar-refractivity contribution >= 4 is 5.82 Å². The van der Waals surface area contributed by atoms with Crippen molar-refractivity contribution in [2.75, 3.05) is 12.8 Å². The molecule has 116 valence electrons. The van der Waals surface area contributed by atoms with Crippen LogP contribution in [-0.4, -0.2) is 22.1 Å². The molecular weight excluding hydrogens is 288 g/mol. The predicted octanol–water partition coefficient (Wildman–Crippen LogP) is 3.41. The van der Waals surface area contributed by atoms with Crippen molar-refractivity contribution in [1.82, 2.24) is 15.0 Å². The highest BCUT2D eigenvalue weighted by molar-refractivity contribution is 5.76. The highest BCUT2D eigenvalue weighted by Crippen LogP contribution is 2.33. The van der Waals surface area contributed by atoms with E-state index in [2.05, 4.69) is 21.0 Å². The van der Waals surface area contributed by atoms with Crippen molar-refractivity contribution < 1.29 is 4.74 Å². The van der Waals surface area contributed by atoms with E-state index in [9.17, 15) is 0 Å². The van der Waals surface area contributed by atoms with Gasteiger partial charge in [-0.05, 0) is 55.3 Å². The molecule has 0 saturated heterocycles. The molecule has 5 nitrogen and oxygen atoms in total. The monoisotopic (exact) mass is 306 g/mol. The first kappa shape index (κ1) is 15.0. The predicted molar refractivity (Wildman–Crippen MR) is 91.1 cm³/mol. The molecule has 3 aromatic heterocycles. The highest BCUT2D eigenvalue weighted by Gasteiger charge is 2.11. The van der Waals surface area contributed by atoms with E-state index in [-0.39, 0.29) is 0 Å². The van der Waals surface area contributed by atoms with Gasteiger partial charge in [0.15, 0.2) is 0 Å². The van der Waals surface area contributed by atoms with E-state index in [1.807, 2.05) is 38.1 Å². The zero-order chi connectivity index (χ0) is 16.4. The number of aromatic nitrogens is 3. The number of rotatable bonds is 3. The van der Waals surface area contributed by atoms with Crippen LogP contribution in [0.4, 0.5) is 5.82 Å². The third-order valence-corrected chi connectivity index (χ3v) is 3.55. The van der Waals surface area contributed by atoms with Crippen molar-refractivity contribution in [3.05, 3.63) is 54.1 Å². The molecule has 3 aromatic rings. The number of ether oxygens (including phenoxy) is 1. The van der Waals surface area contributed by atoms with Crippen LogP contribution in [0.1, 0.15) is 11.4 Å². The maximum Gasteiger partial charge on any atom is 0.221 e. The van der Waals surface area contributed by atoms with Gasteiger partial charge >= 0.3 is 0 Å². The average Bonchev–Trinajstić information content (AvgIpc) is 2.53. The number of nitrogens with zero attached hydrogens (tertiary/aromatic N) is 3. The highest BCUT2D eigenvalue weighted by atomic mass is 16.5. The Kier molecular flexibility index (Phi) is 3.93. The largest absolute Gasteiger partial charge is 0.481 e. The Morgan fingerprint density at radius 3 is 2.30 bits per heavy atom. The normalized spacial score (nSPS) is 10.6. The van der Waals surface area contributed by atoms with Gasteiger partial charge in [0.1, 0.15) is 5.82 Å². The molecule has 0 unspecified atom stereocenters. The Balaban J connectivity index is 2.16. The number of aryl methyl sites for hydroxylation is 2. The van der Waals surface area contributed by atoms with Crippen LogP contribution >= 0.6 is 0 Å². The Bertz CT molecular complexity index is 841. The summed E-state index contributed by atoms with van der Waals surface area (Å²) < 4.78 is 5.39. The molecule has 0 aliphatic rings. The van der Waals surface area contributed by atoms with Crippen molar-refractivity contribution in [3.8, 4) is 28.1 Å². The molecule has 0 spiro atoms. The van der Waals surface area contributed by atoms with Crippen LogP contribution in [0.15, 0.2) is 42.7 Å². The second-order valence-corrected chi connectivity index (χ2v) is 5.39. The van der Waals surface area contributed by atoms with Gasteiger partial charge in [-0.1, -0.05) is 0 Å². The fourth-order valence-electron chi connectivity index (χ4n) is 2.60. The Morgan fingerprint density at radius 2 is 1.65 bits per heavy atom. The van der Waals surface area contributed by atoms with Crippen LogP contribution < -0.4 is 10.5 Å². The van der Waals surface area contributed by atoms with Crippen molar-refractivity contribution in [3.63, 3.8) is 0 Å². The van der Waals surface area contributed by atoms with Gasteiger partial charge in [0.2, 0.25) is 5.88 Å². The first-order valence-corrected chi connectivity index (χ1v) is 7.28. The minimum atomic E-state index is 0.463. The van der Waals surface area contributed by atoms with Gasteiger partial charge in [0, 0.05) is 34.9 Å². The molecular formula is C18H18N4O.